The summed E-state index contributed by atoms with van der Waals surface area (Å²) in [6.07, 6.45) is -0.138. The van der Waals surface area contributed by atoms with E-state index in [0.29, 0.717) is 22.7 Å². The lowest BCUT2D eigenvalue weighted by molar-refractivity contribution is -0.384. The number of non-ortho nitro benzene ring substituents is 1. The van der Waals surface area contributed by atoms with Gasteiger partial charge < -0.3 is 24.1 Å². The Kier molecular flexibility index (Phi) is 7.81. The third kappa shape index (κ3) is 5.40. The van der Waals surface area contributed by atoms with Crippen molar-refractivity contribution in [3.05, 3.63) is 58.1 Å². The summed E-state index contributed by atoms with van der Waals surface area (Å²) in [5, 5.41) is 26.9. The third-order valence-corrected chi connectivity index (χ3v) is 6.56. The topological polar surface area (TPSA) is 159 Å². The van der Waals surface area contributed by atoms with Gasteiger partial charge in [-0.3, -0.25) is 25.1 Å². The number of fused-ring (bicyclic) bond motifs is 1. The van der Waals surface area contributed by atoms with Crippen LogP contribution in [0.1, 0.15) is 38.7 Å². The molecule has 1 fully saturated rings. The molecule has 12 nitrogen and oxygen atoms in total. The number of rotatable bonds is 8. The van der Waals surface area contributed by atoms with E-state index in [1.807, 2.05) is 0 Å². The Hall–Kier alpha value is -4.19. The molecule has 2 N–H and O–H groups in total. The number of hydrogen-bond donors (Lipinski definition) is 2. The minimum absolute atomic E-state index is 0.0373. The van der Waals surface area contributed by atoms with Crippen LogP contribution in [0.5, 0.6) is 11.5 Å². The highest BCUT2D eigenvalue weighted by atomic mass is 16.7. The van der Waals surface area contributed by atoms with Gasteiger partial charge in [0.15, 0.2) is 11.5 Å². The maximum absolute atomic E-state index is 13.4. The van der Waals surface area contributed by atoms with Gasteiger partial charge in [-0.15, -0.1) is 0 Å². The molecule has 0 aromatic heterocycles. The van der Waals surface area contributed by atoms with Crippen LogP contribution in [0.3, 0.4) is 0 Å². The second-order valence-electron chi connectivity index (χ2n) is 9.15. The summed E-state index contributed by atoms with van der Waals surface area (Å²) in [7, 11) is 0. The Morgan fingerprint density at radius 1 is 1.11 bits per heavy atom. The maximum atomic E-state index is 13.4. The third-order valence-electron chi connectivity index (χ3n) is 6.56. The zero-order valence-corrected chi connectivity index (χ0v) is 21.2. The summed E-state index contributed by atoms with van der Waals surface area (Å²) in [5.41, 5.74) is 2.29. The van der Waals surface area contributed by atoms with E-state index in [1.165, 1.54) is 31.2 Å². The van der Waals surface area contributed by atoms with Crippen molar-refractivity contribution in [2.24, 2.45) is 16.9 Å². The van der Waals surface area contributed by atoms with E-state index in [4.69, 9.17) is 18.9 Å². The Morgan fingerprint density at radius 3 is 2.42 bits per heavy atom. The van der Waals surface area contributed by atoms with Gasteiger partial charge in [0.25, 0.3) is 5.69 Å². The van der Waals surface area contributed by atoms with Gasteiger partial charge >= 0.3 is 11.9 Å². The highest BCUT2D eigenvalue weighted by Crippen LogP contribution is 2.49. The standard InChI is InChI=1S/C26H29N3O9/c1-4-35-24(30)22-18(28-27-16-7-9-17(10-8-16)29(33)34)13-26(3,32)23(25(31)36-5-2)21(22)15-6-11-19-20(12-15)38-14-37-19/h6-12,21-23,27,32H,4-5,13-14H2,1-3H3/b28-18+/t21-,22+,23-,26+/m1/s1. The zero-order valence-electron chi connectivity index (χ0n) is 21.2. The molecule has 4 rings (SSSR count). The molecule has 202 valence electrons. The average molecular weight is 528 g/mol. The molecule has 0 amide bonds. The summed E-state index contributed by atoms with van der Waals surface area (Å²) in [6.45, 7) is 5.04. The number of hydrogen-bond acceptors (Lipinski definition) is 11. The van der Waals surface area contributed by atoms with Crippen LogP contribution >= 0.6 is 0 Å². The van der Waals surface area contributed by atoms with Crippen LogP contribution in [0.4, 0.5) is 11.4 Å². The van der Waals surface area contributed by atoms with Gasteiger partial charge in [0, 0.05) is 24.5 Å². The molecule has 0 saturated heterocycles. The summed E-state index contributed by atoms with van der Waals surface area (Å²) >= 11 is 0. The van der Waals surface area contributed by atoms with E-state index < -0.39 is 40.2 Å². The summed E-state index contributed by atoms with van der Waals surface area (Å²) in [4.78, 5) is 37.1. The van der Waals surface area contributed by atoms with Gasteiger partial charge in [0.05, 0.1) is 41.1 Å². The Balaban J connectivity index is 1.80. The van der Waals surface area contributed by atoms with Crippen LogP contribution in [0.15, 0.2) is 47.6 Å². The van der Waals surface area contributed by atoms with Crippen molar-refractivity contribution in [2.75, 3.05) is 25.4 Å². The number of nitro groups is 1. The van der Waals surface area contributed by atoms with Crippen LogP contribution < -0.4 is 14.9 Å². The van der Waals surface area contributed by atoms with Gasteiger partial charge in [-0.1, -0.05) is 6.07 Å². The molecule has 1 heterocycles. The highest BCUT2D eigenvalue weighted by molar-refractivity contribution is 6.06. The molecular formula is C26H29N3O9. The van der Waals surface area contributed by atoms with Crippen molar-refractivity contribution >= 4 is 29.0 Å². The fourth-order valence-corrected chi connectivity index (χ4v) is 4.93. The number of nitro benzene ring substituents is 1. The number of anilines is 1. The normalized spacial score (nSPS) is 25.1. The van der Waals surface area contributed by atoms with Crippen LogP contribution in [0, 0.1) is 22.0 Å². The van der Waals surface area contributed by atoms with Gasteiger partial charge in [-0.05, 0) is 50.6 Å². The molecule has 1 aliphatic heterocycles. The number of hydrazone groups is 1. The van der Waals surface area contributed by atoms with Crippen LogP contribution in [0.2, 0.25) is 0 Å². The van der Waals surface area contributed by atoms with Crippen molar-refractivity contribution in [2.45, 2.75) is 38.7 Å². The van der Waals surface area contributed by atoms with E-state index in [2.05, 4.69) is 10.5 Å². The maximum Gasteiger partial charge on any atom is 0.315 e. The molecule has 4 atom stereocenters. The molecular weight excluding hydrogens is 498 g/mol. The lowest BCUT2D eigenvalue weighted by Gasteiger charge is -2.45. The number of esters is 2. The minimum Gasteiger partial charge on any atom is -0.466 e. The monoisotopic (exact) mass is 527 g/mol. The fourth-order valence-electron chi connectivity index (χ4n) is 4.93. The quantitative estimate of drug-likeness (QED) is 0.296. The van der Waals surface area contributed by atoms with Crippen LogP contribution in [-0.2, 0) is 19.1 Å². The van der Waals surface area contributed by atoms with E-state index in [1.54, 1.807) is 32.0 Å². The number of benzene rings is 2. The molecule has 1 aliphatic carbocycles. The van der Waals surface area contributed by atoms with E-state index >= 15 is 0 Å². The van der Waals surface area contributed by atoms with Gasteiger partial charge in [-0.25, -0.2) is 0 Å². The van der Waals surface area contributed by atoms with E-state index in [0.717, 1.165) is 0 Å². The van der Waals surface area contributed by atoms with Crippen molar-refractivity contribution < 1.29 is 38.6 Å². The van der Waals surface area contributed by atoms with Crippen molar-refractivity contribution in [1.29, 1.82) is 0 Å². The Labute approximate surface area is 218 Å². The lowest BCUT2D eigenvalue weighted by Crippen LogP contribution is -2.55. The van der Waals surface area contributed by atoms with Crippen molar-refractivity contribution in [3.8, 4) is 11.5 Å². The summed E-state index contributed by atoms with van der Waals surface area (Å²) < 4.78 is 21.6. The molecule has 0 unspecified atom stereocenters. The van der Waals surface area contributed by atoms with Crippen molar-refractivity contribution in [3.63, 3.8) is 0 Å². The molecule has 2 aliphatic rings. The molecule has 0 radical (unpaired) electrons. The number of nitrogens with one attached hydrogen (secondary N) is 1. The Bertz CT molecular complexity index is 1240. The number of carbonyl (C=O) groups excluding carboxylic acids is 2. The average Bonchev–Trinajstić information content (AvgIpc) is 3.35. The first-order valence-electron chi connectivity index (χ1n) is 12.2. The number of nitrogens with zero attached hydrogens (tertiary/aromatic N) is 2. The largest absolute Gasteiger partial charge is 0.466 e. The Morgan fingerprint density at radius 2 is 1.76 bits per heavy atom. The predicted octanol–water partition coefficient (Wildman–Crippen LogP) is 3.39. The number of aliphatic hydroxyl groups is 1. The first-order valence-corrected chi connectivity index (χ1v) is 12.2. The van der Waals surface area contributed by atoms with Crippen LogP contribution in [-0.4, -0.2) is 53.3 Å². The SMILES string of the molecule is CCOC(=O)[C@H]1/C(=N/Nc2ccc([N+](=O)[O-])cc2)C[C@](C)(O)[C@@H](C(=O)OCC)[C@@H]1c1ccc2c(c1)OCO2. The first kappa shape index (κ1) is 26.9. The van der Waals surface area contributed by atoms with Gasteiger partial charge in [0.2, 0.25) is 6.79 Å². The minimum atomic E-state index is -1.65. The van der Waals surface area contributed by atoms with E-state index in [9.17, 15) is 24.8 Å². The smallest absolute Gasteiger partial charge is 0.315 e. The number of ether oxygens (including phenoxy) is 4. The van der Waals surface area contributed by atoms with Gasteiger partial charge in [0.1, 0.15) is 5.92 Å². The molecule has 0 bridgehead atoms. The molecule has 2 aromatic carbocycles. The predicted molar refractivity (Wildman–Crippen MR) is 135 cm³/mol. The molecule has 2 aromatic rings. The fraction of sp³-hybridized carbons (Fsp3) is 0.423. The van der Waals surface area contributed by atoms with Gasteiger partial charge in [-0.2, -0.15) is 5.10 Å². The second kappa shape index (κ2) is 11.1. The lowest BCUT2D eigenvalue weighted by atomic mass is 9.61. The molecule has 12 heteroatoms. The zero-order chi connectivity index (χ0) is 27.4. The highest BCUT2D eigenvalue weighted by Gasteiger charge is 2.56. The van der Waals surface area contributed by atoms with Crippen molar-refractivity contribution in [1.82, 2.24) is 0 Å². The molecule has 0 spiro atoms. The molecule has 1 saturated carbocycles. The van der Waals surface area contributed by atoms with E-state index in [-0.39, 0.29) is 37.8 Å². The molecule has 38 heavy (non-hydrogen) atoms. The second-order valence-corrected chi connectivity index (χ2v) is 9.15. The summed E-state index contributed by atoms with van der Waals surface area (Å²) in [5.74, 6) is -3.42. The first-order chi connectivity index (χ1) is 18.2. The summed E-state index contributed by atoms with van der Waals surface area (Å²) in [6, 6.07) is 10.6. The van der Waals surface area contributed by atoms with Crippen LogP contribution in [0.25, 0.3) is 0 Å². The number of carbonyl (C=O) groups is 2.